The molecular weight excluding hydrogens is 413 g/mol. The Morgan fingerprint density at radius 2 is 1.69 bits per heavy atom. The molecule has 5 heteroatoms. The van der Waals surface area contributed by atoms with Gasteiger partial charge in [0.1, 0.15) is 0 Å². The van der Waals surface area contributed by atoms with E-state index in [9.17, 15) is 13.9 Å². The summed E-state index contributed by atoms with van der Waals surface area (Å²) in [5.41, 5.74) is 2.57. The second-order valence-electron chi connectivity index (χ2n) is 9.05. The van der Waals surface area contributed by atoms with E-state index < -0.39 is 11.6 Å². The zero-order valence-electron chi connectivity index (χ0n) is 18.5. The van der Waals surface area contributed by atoms with Gasteiger partial charge in [0.25, 0.3) is 0 Å². The molecule has 1 N–H and O–H groups in total. The maximum absolute atomic E-state index is 15.0. The Hall–Kier alpha value is -2.27. The highest BCUT2D eigenvalue weighted by Crippen LogP contribution is 2.43. The molecule has 0 radical (unpaired) electrons. The lowest BCUT2D eigenvalue weighted by atomic mass is 9.75. The zero-order valence-corrected chi connectivity index (χ0v) is 18.5. The van der Waals surface area contributed by atoms with Crippen molar-refractivity contribution in [3.63, 3.8) is 0 Å². The smallest absolute Gasteiger partial charge is 0.166 e. The molecule has 1 saturated carbocycles. The van der Waals surface area contributed by atoms with E-state index in [4.69, 9.17) is 4.74 Å². The summed E-state index contributed by atoms with van der Waals surface area (Å²) in [4.78, 5) is 0. The van der Waals surface area contributed by atoms with Gasteiger partial charge >= 0.3 is 0 Å². The second kappa shape index (κ2) is 10.1. The predicted molar refractivity (Wildman–Crippen MR) is 120 cm³/mol. The van der Waals surface area contributed by atoms with Gasteiger partial charge in [-0.2, -0.15) is 0 Å². The minimum Gasteiger partial charge on any atom is -0.491 e. The minimum absolute atomic E-state index is 0.0264. The van der Waals surface area contributed by atoms with E-state index in [1.54, 1.807) is 24.3 Å². The molecule has 2 aromatic rings. The van der Waals surface area contributed by atoms with Crippen molar-refractivity contribution >= 4 is 5.57 Å². The molecule has 0 saturated heterocycles. The van der Waals surface area contributed by atoms with Crippen molar-refractivity contribution in [1.29, 1.82) is 0 Å². The number of rotatable bonds is 6. The number of halogens is 3. The van der Waals surface area contributed by atoms with Crippen LogP contribution in [0.25, 0.3) is 5.57 Å². The number of aliphatic hydroxyl groups excluding tert-OH is 1. The van der Waals surface area contributed by atoms with E-state index in [2.05, 4.69) is 0 Å². The number of aliphatic hydroxyl groups is 1. The molecule has 32 heavy (non-hydrogen) atoms. The molecule has 2 aliphatic rings. The van der Waals surface area contributed by atoms with Gasteiger partial charge in [0.05, 0.1) is 6.61 Å². The van der Waals surface area contributed by atoms with Crippen molar-refractivity contribution in [1.82, 2.24) is 0 Å². The first kappa shape index (κ1) is 22.9. The van der Waals surface area contributed by atoms with Crippen molar-refractivity contribution in [3.8, 4) is 5.75 Å². The Labute approximate surface area is 188 Å². The summed E-state index contributed by atoms with van der Waals surface area (Å²) in [6.45, 7) is 2.37. The molecule has 2 aromatic carbocycles. The molecule has 1 fully saturated rings. The molecule has 1 atom stereocenters. The fourth-order valence-electron chi connectivity index (χ4n) is 5.21. The summed E-state index contributed by atoms with van der Waals surface area (Å²) in [6, 6.07) is 8.59. The molecule has 0 spiro atoms. The average Bonchev–Trinajstić information content (AvgIpc) is 2.82. The van der Waals surface area contributed by atoms with E-state index in [0.29, 0.717) is 30.6 Å². The molecule has 0 aromatic heterocycles. The monoisotopic (exact) mass is 444 g/mol. The van der Waals surface area contributed by atoms with Crippen LogP contribution in [0.15, 0.2) is 36.4 Å². The van der Waals surface area contributed by atoms with E-state index in [-0.39, 0.29) is 35.9 Å². The van der Waals surface area contributed by atoms with E-state index >= 15 is 4.39 Å². The van der Waals surface area contributed by atoms with Gasteiger partial charge in [-0.15, -0.1) is 0 Å². The highest BCUT2D eigenvalue weighted by molar-refractivity contribution is 5.67. The summed E-state index contributed by atoms with van der Waals surface area (Å²) in [6.07, 6.45) is 7.20. The van der Waals surface area contributed by atoms with Gasteiger partial charge in [0.15, 0.2) is 23.2 Å². The number of allylic oxidation sites excluding steroid dienone is 2. The molecule has 172 valence electrons. The molecular formula is C27H31F3O2. The Bertz CT molecular complexity index is 977. The number of hydrogen-bond acceptors (Lipinski definition) is 2. The van der Waals surface area contributed by atoms with Gasteiger partial charge in [-0.25, -0.2) is 13.2 Å². The topological polar surface area (TPSA) is 29.5 Å². The Morgan fingerprint density at radius 3 is 2.31 bits per heavy atom. The first-order valence-corrected chi connectivity index (χ1v) is 11.7. The Balaban J connectivity index is 1.44. The molecule has 2 aliphatic carbocycles. The maximum Gasteiger partial charge on any atom is 0.166 e. The van der Waals surface area contributed by atoms with E-state index in [0.717, 1.165) is 43.2 Å². The Morgan fingerprint density at radius 1 is 0.938 bits per heavy atom. The van der Waals surface area contributed by atoms with Crippen molar-refractivity contribution in [2.75, 3.05) is 13.2 Å². The summed E-state index contributed by atoms with van der Waals surface area (Å²) >= 11 is 0. The summed E-state index contributed by atoms with van der Waals surface area (Å²) < 4.78 is 49.5. The van der Waals surface area contributed by atoms with Crippen LogP contribution in [0, 0.1) is 23.4 Å². The van der Waals surface area contributed by atoms with Crippen LogP contribution in [0.3, 0.4) is 0 Å². The van der Waals surface area contributed by atoms with Crippen LogP contribution in [0.4, 0.5) is 13.2 Å². The third-order valence-corrected chi connectivity index (χ3v) is 7.13. The van der Waals surface area contributed by atoms with Crippen LogP contribution >= 0.6 is 0 Å². The molecule has 0 heterocycles. The molecule has 0 amide bonds. The highest BCUT2D eigenvalue weighted by atomic mass is 19.2. The normalized spacial score (nSPS) is 23.7. The van der Waals surface area contributed by atoms with Crippen molar-refractivity contribution in [3.05, 3.63) is 70.5 Å². The second-order valence-corrected chi connectivity index (χ2v) is 9.05. The molecule has 0 bridgehead atoms. The fraction of sp³-hybridized carbons (Fsp3) is 0.481. The SMILES string of the molecule is CCOc1ccc(C2CCC(c3ccc(C4=CCC(CO)CC4)c(F)c3F)CC2)cc1F. The van der Waals surface area contributed by atoms with E-state index in [1.807, 2.05) is 19.1 Å². The molecule has 2 nitrogen and oxygen atoms in total. The third kappa shape index (κ3) is 4.73. The van der Waals surface area contributed by atoms with Gasteiger partial charge < -0.3 is 9.84 Å². The predicted octanol–water partition coefficient (Wildman–Crippen LogP) is 7.12. The summed E-state index contributed by atoms with van der Waals surface area (Å²) in [5, 5.41) is 9.28. The summed E-state index contributed by atoms with van der Waals surface area (Å²) in [7, 11) is 0. The van der Waals surface area contributed by atoms with Gasteiger partial charge in [-0.1, -0.05) is 24.3 Å². The maximum atomic E-state index is 15.0. The van der Waals surface area contributed by atoms with Crippen LogP contribution in [0.2, 0.25) is 0 Å². The van der Waals surface area contributed by atoms with Gasteiger partial charge in [-0.05, 0) is 98.5 Å². The first-order valence-electron chi connectivity index (χ1n) is 11.7. The number of hydrogen-bond donors (Lipinski definition) is 1. The molecule has 1 unspecified atom stereocenters. The standard InChI is InChI=1S/C27H31F3O2/c1-2-32-25-14-11-21(15-24(25)28)18-7-9-20(10-8-18)23-13-12-22(26(29)27(23)30)19-5-3-17(16-31)4-6-19/h5,11-15,17-18,20,31H,2-4,6-10,16H2,1H3. The van der Waals surface area contributed by atoms with Gasteiger partial charge in [-0.3, -0.25) is 0 Å². The van der Waals surface area contributed by atoms with Crippen LogP contribution in [0.1, 0.15) is 80.4 Å². The lowest BCUT2D eigenvalue weighted by molar-refractivity contribution is 0.218. The van der Waals surface area contributed by atoms with Crippen LogP contribution < -0.4 is 4.74 Å². The van der Waals surface area contributed by atoms with Crippen LogP contribution in [-0.4, -0.2) is 18.3 Å². The number of benzene rings is 2. The zero-order chi connectivity index (χ0) is 22.7. The Kier molecular flexibility index (Phi) is 7.24. The molecule has 0 aliphatic heterocycles. The summed E-state index contributed by atoms with van der Waals surface area (Å²) in [5.74, 6) is -1.17. The minimum atomic E-state index is -0.757. The fourth-order valence-corrected chi connectivity index (χ4v) is 5.21. The van der Waals surface area contributed by atoms with E-state index in [1.165, 1.54) is 0 Å². The number of ether oxygens (including phenoxy) is 1. The van der Waals surface area contributed by atoms with Crippen LogP contribution in [-0.2, 0) is 0 Å². The quantitative estimate of drug-likeness (QED) is 0.514. The van der Waals surface area contributed by atoms with Crippen molar-refractivity contribution in [2.45, 2.75) is 63.7 Å². The lowest BCUT2D eigenvalue weighted by Crippen LogP contribution is -2.15. The van der Waals surface area contributed by atoms with Crippen molar-refractivity contribution < 1.29 is 23.0 Å². The van der Waals surface area contributed by atoms with Crippen molar-refractivity contribution in [2.24, 2.45) is 5.92 Å². The highest BCUT2D eigenvalue weighted by Gasteiger charge is 2.28. The largest absolute Gasteiger partial charge is 0.491 e. The van der Waals surface area contributed by atoms with Gasteiger partial charge in [0, 0.05) is 12.2 Å². The van der Waals surface area contributed by atoms with Crippen LogP contribution in [0.5, 0.6) is 5.75 Å². The average molecular weight is 445 g/mol. The molecule has 4 rings (SSSR count). The van der Waals surface area contributed by atoms with Gasteiger partial charge in [0.2, 0.25) is 0 Å². The first-order chi connectivity index (χ1) is 15.5. The lowest BCUT2D eigenvalue weighted by Gasteiger charge is -2.30. The third-order valence-electron chi connectivity index (χ3n) is 7.13.